The van der Waals surface area contributed by atoms with Crippen molar-refractivity contribution in [2.24, 2.45) is 7.05 Å². The first-order chi connectivity index (χ1) is 12.9. The first-order valence-electron chi connectivity index (χ1n) is 8.03. The Labute approximate surface area is 159 Å². The van der Waals surface area contributed by atoms with Crippen molar-refractivity contribution in [2.45, 2.75) is 24.3 Å². The van der Waals surface area contributed by atoms with E-state index in [9.17, 15) is 19.7 Å². The van der Waals surface area contributed by atoms with Crippen LogP contribution >= 0.6 is 11.8 Å². The van der Waals surface area contributed by atoms with Crippen molar-refractivity contribution in [3.63, 3.8) is 0 Å². The molecule has 11 heteroatoms. The van der Waals surface area contributed by atoms with E-state index in [1.165, 1.54) is 12.1 Å². The van der Waals surface area contributed by atoms with E-state index in [-0.39, 0.29) is 18.9 Å². The summed E-state index contributed by atoms with van der Waals surface area (Å²) in [6, 6.07) is 5.81. The van der Waals surface area contributed by atoms with Gasteiger partial charge >= 0.3 is 11.9 Å². The highest BCUT2D eigenvalue weighted by atomic mass is 32.2. The minimum atomic E-state index is -1.22. The van der Waals surface area contributed by atoms with E-state index in [4.69, 9.17) is 9.47 Å². The minimum Gasteiger partial charge on any atom is -0.465 e. The molecule has 0 aliphatic heterocycles. The molecule has 1 heterocycles. The number of thioether (sulfide) groups is 1. The normalized spacial score (nSPS) is 10.7. The van der Waals surface area contributed by atoms with Gasteiger partial charge in [0.15, 0.2) is 11.0 Å². The number of carbonyl (C=O) groups is 2. The van der Waals surface area contributed by atoms with Crippen molar-refractivity contribution in [1.82, 2.24) is 14.8 Å². The standard InChI is InChI=1S/C16H18N4O6S/c1-4-25-14(21)12(15(22)26-5-2)27-16-18-17-13(19(16)3)10-6-8-11(9-7-10)20(23)24/h6-9,12H,4-5H2,1-3H3. The molecule has 144 valence electrons. The largest absolute Gasteiger partial charge is 0.465 e. The molecule has 0 bridgehead atoms. The second-order valence-electron chi connectivity index (χ2n) is 5.17. The highest BCUT2D eigenvalue weighted by molar-refractivity contribution is 8.01. The molecule has 27 heavy (non-hydrogen) atoms. The van der Waals surface area contributed by atoms with Gasteiger partial charge in [0.25, 0.3) is 5.69 Å². The Morgan fingerprint density at radius 3 is 2.19 bits per heavy atom. The fourth-order valence-electron chi connectivity index (χ4n) is 2.13. The zero-order valence-electron chi connectivity index (χ0n) is 14.9. The summed E-state index contributed by atoms with van der Waals surface area (Å²) in [5.41, 5.74) is 0.562. The Hall–Kier alpha value is -2.95. The number of aromatic nitrogens is 3. The lowest BCUT2D eigenvalue weighted by Crippen LogP contribution is -2.31. The Balaban J connectivity index is 2.27. The number of benzene rings is 1. The molecule has 0 fully saturated rings. The maximum Gasteiger partial charge on any atom is 0.331 e. The molecular formula is C16H18N4O6S. The van der Waals surface area contributed by atoms with Crippen LogP contribution in [0.4, 0.5) is 5.69 Å². The van der Waals surface area contributed by atoms with E-state index < -0.39 is 22.1 Å². The highest BCUT2D eigenvalue weighted by Gasteiger charge is 2.33. The van der Waals surface area contributed by atoms with Crippen LogP contribution in [0.15, 0.2) is 29.4 Å². The van der Waals surface area contributed by atoms with Crippen molar-refractivity contribution in [1.29, 1.82) is 0 Å². The van der Waals surface area contributed by atoms with Crippen LogP contribution in [0.2, 0.25) is 0 Å². The van der Waals surface area contributed by atoms with E-state index in [1.807, 2.05) is 0 Å². The smallest absolute Gasteiger partial charge is 0.331 e. The zero-order chi connectivity index (χ0) is 20.0. The summed E-state index contributed by atoms with van der Waals surface area (Å²) in [4.78, 5) is 34.4. The number of rotatable bonds is 8. The Bertz CT molecular complexity index is 818. The molecule has 0 amide bonds. The molecular weight excluding hydrogens is 376 g/mol. The topological polar surface area (TPSA) is 126 Å². The monoisotopic (exact) mass is 394 g/mol. The Morgan fingerprint density at radius 1 is 1.15 bits per heavy atom. The average Bonchev–Trinajstić information content (AvgIpc) is 3.00. The number of hydrogen-bond donors (Lipinski definition) is 0. The van der Waals surface area contributed by atoms with Gasteiger partial charge in [-0.25, -0.2) is 0 Å². The van der Waals surface area contributed by atoms with Gasteiger partial charge in [-0.05, 0) is 26.0 Å². The van der Waals surface area contributed by atoms with Crippen molar-refractivity contribution >= 4 is 29.4 Å². The van der Waals surface area contributed by atoms with Crippen LogP contribution in [0.3, 0.4) is 0 Å². The van der Waals surface area contributed by atoms with Gasteiger partial charge in [-0.1, -0.05) is 11.8 Å². The summed E-state index contributed by atoms with van der Waals surface area (Å²) in [6.07, 6.45) is 0. The van der Waals surface area contributed by atoms with Crippen LogP contribution < -0.4 is 0 Å². The van der Waals surface area contributed by atoms with Gasteiger partial charge in [-0.15, -0.1) is 10.2 Å². The number of ether oxygens (including phenoxy) is 2. The SMILES string of the molecule is CCOC(=O)C(Sc1nnc(-c2ccc([N+](=O)[O-])cc2)n1C)C(=O)OCC. The number of nitro benzene ring substituents is 1. The van der Waals surface area contributed by atoms with Gasteiger partial charge in [-0.3, -0.25) is 19.7 Å². The van der Waals surface area contributed by atoms with Gasteiger partial charge in [0.1, 0.15) is 0 Å². The number of hydrogen-bond acceptors (Lipinski definition) is 9. The summed E-state index contributed by atoms with van der Waals surface area (Å²) in [5, 5.41) is 17.9. The summed E-state index contributed by atoms with van der Waals surface area (Å²) in [6.45, 7) is 3.53. The third-order valence-corrected chi connectivity index (χ3v) is 4.58. The van der Waals surface area contributed by atoms with Gasteiger partial charge in [-0.2, -0.15) is 0 Å². The van der Waals surface area contributed by atoms with E-state index >= 15 is 0 Å². The minimum absolute atomic E-state index is 0.0415. The van der Waals surface area contributed by atoms with Gasteiger partial charge < -0.3 is 14.0 Å². The average molecular weight is 394 g/mol. The molecule has 0 saturated carbocycles. The van der Waals surface area contributed by atoms with E-state index in [0.717, 1.165) is 11.8 Å². The number of non-ortho nitro benzene ring substituents is 1. The fourth-order valence-corrected chi connectivity index (χ4v) is 3.01. The first kappa shape index (κ1) is 20.4. The van der Waals surface area contributed by atoms with Crippen molar-refractivity contribution in [3.8, 4) is 11.4 Å². The number of nitrogens with zero attached hydrogens (tertiary/aromatic N) is 4. The Kier molecular flexibility index (Phi) is 6.88. The zero-order valence-corrected chi connectivity index (χ0v) is 15.8. The van der Waals surface area contributed by atoms with E-state index in [0.29, 0.717) is 16.5 Å². The molecule has 0 unspecified atom stereocenters. The molecule has 0 aliphatic carbocycles. The van der Waals surface area contributed by atoms with Gasteiger partial charge in [0.05, 0.1) is 18.1 Å². The third kappa shape index (κ3) is 4.82. The molecule has 1 aromatic heterocycles. The molecule has 0 atom stereocenters. The van der Waals surface area contributed by atoms with Crippen LogP contribution in [0, 0.1) is 10.1 Å². The molecule has 0 radical (unpaired) electrons. The summed E-state index contributed by atoms with van der Waals surface area (Å²) in [5.74, 6) is -1.01. The van der Waals surface area contributed by atoms with Gasteiger partial charge in [0.2, 0.25) is 5.25 Å². The predicted octanol–water partition coefficient (Wildman–Crippen LogP) is 1.98. The van der Waals surface area contributed by atoms with Crippen LogP contribution in [0.25, 0.3) is 11.4 Å². The first-order valence-corrected chi connectivity index (χ1v) is 8.91. The summed E-state index contributed by atoms with van der Waals surface area (Å²) < 4.78 is 11.4. The molecule has 0 N–H and O–H groups in total. The quantitative estimate of drug-likeness (QED) is 0.217. The predicted molar refractivity (Wildman–Crippen MR) is 96.0 cm³/mol. The molecule has 0 spiro atoms. The highest BCUT2D eigenvalue weighted by Crippen LogP contribution is 2.28. The third-order valence-electron chi connectivity index (χ3n) is 3.40. The van der Waals surface area contributed by atoms with Gasteiger partial charge in [0, 0.05) is 24.7 Å². The summed E-state index contributed by atoms with van der Waals surface area (Å²) >= 11 is 0.867. The van der Waals surface area contributed by atoms with Crippen LogP contribution in [0.1, 0.15) is 13.8 Å². The summed E-state index contributed by atoms with van der Waals surface area (Å²) in [7, 11) is 1.66. The van der Waals surface area contributed by atoms with Crippen molar-refractivity contribution in [2.75, 3.05) is 13.2 Å². The maximum absolute atomic E-state index is 12.1. The van der Waals surface area contributed by atoms with Crippen molar-refractivity contribution < 1.29 is 24.0 Å². The number of nitro groups is 1. The molecule has 2 rings (SSSR count). The lowest BCUT2D eigenvalue weighted by molar-refractivity contribution is -0.384. The van der Waals surface area contributed by atoms with Crippen LogP contribution in [-0.4, -0.2) is 50.1 Å². The number of carbonyl (C=O) groups excluding carboxylic acids is 2. The molecule has 1 aromatic carbocycles. The molecule has 0 saturated heterocycles. The molecule has 0 aliphatic rings. The second-order valence-corrected chi connectivity index (χ2v) is 6.24. The maximum atomic E-state index is 12.1. The Morgan fingerprint density at radius 2 is 1.70 bits per heavy atom. The molecule has 2 aromatic rings. The van der Waals surface area contributed by atoms with Crippen molar-refractivity contribution in [3.05, 3.63) is 34.4 Å². The van der Waals surface area contributed by atoms with Crippen LogP contribution in [0.5, 0.6) is 0 Å². The van der Waals surface area contributed by atoms with E-state index in [1.54, 1.807) is 37.6 Å². The molecule has 10 nitrogen and oxygen atoms in total. The fraction of sp³-hybridized carbons (Fsp3) is 0.375. The lowest BCUT2D eigenvalue weighted by Gasteiger charge is -2.13. The second kappa shape index (κ2) is 9.12. The lowest BCUT2D eigenvalue weighted by atomic mass is 10.2. The number of esters is 2. The van der Waals surface area contributed by atoms with Crippen LogP contribution in [-0.2, 0) is 26.1 Å². The van der Waals surface area contributed by atoms with E-state index in [2.05, 4.69) is 10.2 Å².